The van der Waals surface area contributed by atoms with E-state index in [0.717, 1.165) is 70.8 Å². The molecule has 0 bridgehead atoms. The predicted molar refractivity (Wildman–Crippen MR) is 178 cm³/mol. The Labute approximate surface area is 271 Å². The Morgan fingerprint density at radius 1 is 1.13 bits per heavy atom. The average molecular weight is 630 g/mol. The molecule has 1 saturated heterocycles. The number of carboxylic acid groups (broad SMARTS) is 1. The molecule has 2 atom stereocenters. The second-order valence-corrected chi connectivity index (χ2v) is 13.4. The summed E-state index contributed by atoms with van der Waals surface area (Å²) >= 11 is 0. The first kappa shape index (κ1) is 33.2. The molecule has 2 aromatic carbocycles. The third kappa shape index (κ3) is 7.28. The number of carbonyl (C=O) groups is 2. The molecule has 0 saturated carbocycles. The minimum absolute atomic E-state index is 0.0282. The van der Waals surface area contributed by atoms with Crippen LogP contribution in [0.3, 0.4) is 0 Å². The number of fused-ring (bicyclic) bond motifs is 1. The van der Waals surface area contributed by atoms with Gasteiger partial charge < -0.3 is 23.8 Å². The Morgan fingerprint density at radius 2 is 1.87 bits per heavy atom. The van der Waals surface area contributed by atoms with Gasteiger partial charge in [-0.25, -0.2) is 9.78 Å². The first-order valence-electron chi connectivity index (χ1n) is 16.2. The lowest BCUT2D eigenvalue weighted by atomic mass is 9.93. The zero-order valence-electron chi connectivity index (χ0n) is 28.0. The van der Waals surface area contributed by atoms with Crippen LogP contribution in [0.2, 0.25) is 0 Å². The molecule has 46 heavy (non-hydrogen) atoms. The maximum atomic E-state index is 14.0. The van der Waals surface area contributed by atoms with E-state index in [9.17, 15) is 14.7 Å². The second kappa shape index (κ2) is 14.1. The molecule has 5 rings (SSSR count). The highest BCUT2D eigenvalue weighted by Crippen LogP contribution is 2.32. The SMILES string of the molecule is COCCCn1c([C@@H]2CCCN(C(=O)C[C@@H](Cc3ccc(-c4c(C)noc4C)cc3)N(C(=O)O)C(C)(C)C)C2)nc2ccccc21. The highest BCUT2D eigenvalue weighted by Gasteiger charge is 2.37. The zero-order chi connectivity index (χ0) is 33.0. The largest absolute Gasteiger partial charge is 0.465 e. The minimum Gasteiger partial charge on any atom is -0.465 e. The molecule has 1 aliphatic heterocycles. The number of carbonyl (C=O) groups excluding carboxylic acids is 1. The van der Waals surface area contributed by atoms with E-state index in [2.05, 4.69) is 15.8 Å². The van der Waals surface area contributed by atoms with Gasteiger partial charge in [-0.1, -0.05) is 41.6 Å². The summed E-state index contributed by atoms with van der Waals surface area (Å²) in [4.78, 5) is 35.1. The van der Waals surface area contributed by atoms with Crippen LogP contribution >= 0.6 is 0 Å². The van der Waals surface area contributed by atoms with Crippen molar-refractivity contribution in [3.05, 3.63) is 71.4 Å². The molecule has 0 aliphatic carbocycles. The first-order chi connectivity index (χ1) is 22.0. The molecule has 0 unspecified atom stereocenters. The molecule has 0 radical (unpaired) electrons. The Balaban J connectivity index is 1.37. The van der Waals surface area contributed by atoms with E-state index < -0.39 is 17.7 Å². The Hall–Kier alpha value is -4.18. The van der Waals surface area contributed by atoms with E-state index in [0.29, 0.717) is 26.1 Å². The third-order valence-electron chi connectivity index (χ3n) is 9.00. The molecule has 0 spiro atoms. The molecule has 3 heterocycles. The predicted octanol–water partition coefficient (Wildman–Crippen LogP) is 6.83. The minimum atomic E-state index is -1.03. The number of rotatable bonds is 11. The van der Waals surface area contributed by atoms with Crippen molar-refractivity contribution in [1.29, 1.82) is 0 Å². The van der Waals surface area contributed by atoms with Crippen LogP contribution in [0.4, 0.5) is 4.79 Å². The van der Waals surface area contributed by atoms with Gasteiger partial charge in [-0.3, -0.25) is 9.69 Å². The van der Waals surface area contributed by atoms with Gasteiger partial charge >= 0.3 is 6.09 Å². The van der Waals surface area contributed by atoms with E-state index in [-0.39, 0.29) is 18.2 Å². The number of nitrogens with zero attached hydrogens (tertiary/aromatic N) is 5. The van der Waals surface area contributed by atoms with E-state index >= 15 is 0 Å². The Morgan fingerprint density at radius 3 is 2.52 bits per heavy atom. The normalized spacial score (nSPS) is 16.1. The van der Waals surface area contributed by atoms with Crippen LogP contribution in [0.1, 0.15) is 75.2 Å². The summed E-state index contributed by atoms with van der Waals surface area (Å²) in [5.41, 5.74) is 5.11. The summed E-state index contributed by atoms with van der Waals surface area (Å²) in [7, 11) is 1.71. The highest BCUT2D eigenvalue weighted by molar-refractivity contribution is 5.79. The number of amides is 2. The molecular weight excluding hydrogens is 582 g/mol. The van der Waals surface area contributed by atoms with Gasteiger partial charge in [0.05, 0.1) is 16.7 Å². The number of ether oxygens (including phenoxy) is 1. The van der Waals surface area contributed by atoms with Gasteiger partial charge in [-0.2, -0.15) is 0 Å². The quantitative estimate of drug-likeness (QED) is 0.181. The molecule has 1 aliphatic rings. The van der Waals surface area contributed by atoms with Crippen LogP contribution in [0.5, 0.6) is 0 Å². The number of hydrogen-bond acceptors (Lipinski definition) is 6. The summed E-state index contributed by atoms with van der Waals surface area (Å²) in [5, 5.41) is 14.4. The third-order valence-corrected chi connectivity index (χ3v) is 9.00. The average Bonchev–Trinajstić information content (AvgIpc) is 3.55. The van der Waals surface area contributed by atoms with Gasteiger partial charge in [-0.15, -0.1) is 0 Å². The van der Waals surface area contributed by atoms with Crippen LogP contribution < -0.4 is 0 Å². The lowest BCUT2D eigenvalue weighted by Crippen LogP contribution is -2.54. The molecule has 10 heteroatoms. The van der Waals surface area contributed by atoms with Crippen molar-refractivity contribution in [3.63, 3.8) is 0 Å². The molecule has 1 N–H and O–H groups in total. The number of para-hydroxylation sites is 2. The first-order valence-corrected chi connectivity index (χ1v) is 16.2. The van der Waals surface area contributed by atoms with Gasteiger partial charge in [0.1, 0.15) is 11.6 Å². The number of hydrogen-bond donors (Lipinski definition) is 1. The topological polar surface area (TPSA) is 114 Å². The van der Waals surface area contributed by atoms with Crippen LogP contribution in [0.15, 0.2) is 53.1 Å². The maximum Gasteiger partial charge on any atom is 0.408 e. The van der Waals surface area contributed by atoms with Crippen molar-refractivity contribution in [2.24, 2.45) is 0 Å². The zero-order valence-corrected chi connectivity index (χ0v) is 28.0. The lowest BCUT2D eigenvalue weighted by Gasteiger charge is -2.41. The van der Waals surface area contributed by atoms with Crippen molar-refractivity contribution in [2.45, 2.75) is 90.8 Å². The second-order valence-electron chi connectivity index (χ2n) is 13.4. The van der Waals surface area contributed by atoms with Crippen molar-refractivity contribution >= 4 is 23.0 Å². The van der Waals surface area contributed by atoms with E-state index in [1.807, 2.05) is 82.0 Å². The molecular formula is C36H47N5O5. The number of methoxy groups -OCH3 is 1. The molecule has 1 fully saturated rings. The van der Waals surface area contributed by atoms with Crippen molar-refractivity contribution in [3.8, 4) is 11.1 Å². The fourth-order valence-electron chi connectivity index (χ4n) is 6.97. The lowest BCUT2D eigenvalue weighted by molar-refractivity contribution is -0.134. The summed E-state index contributed by atoms with van der Waals surface area (Å²) in [5.74, 6) is 1.83. The number of benzene rings is 2. The van der Waals surface area contributed by atoms with E-state index in [4.69, 9.17) is 14.2 Å². The molecule has 2 amide bonds. The Kier molecular flexibility index (Phi) is 10.2. The monoisotopic (exact) mass is 629 g/mol. The van der Waals surface area contributed by atoms with Gasteiger partial charge in [0.25, 0.3) is 0 Å². The summed E-state index contributed by atoms with van der Waals surface area (Å²) in [6, 6.07) is 15.7. The number of imidazole rings is 1. The molecule has 10 nitrogen and oxygen atoms in total. The van der Waals surface area contributed by atoms with Crippen LogP contribution in [-0.4, -0.2) is 80.0 Å². The Bertz CT molecular complexity index is 1630. The number of aryl methyl sites for hydroxylation is 3. The fourth-order valence-corrected chi connectivity index (χ4v) is 6.97. The van der Waals surface area contributed by atoms with E-state index in [1.54, 1.807) is 7.11 Å². The maximum absolute atomic E-state index is 14.0. The number of aromatic nitrogens is 3. The summed E-state index contributed by atoms with van der Waals surface area (Å²) < 4.78 is 13.0. The standard InChI is InChI=1S/C36H47N5O5/c1-24-33(25(2)46-38-24)27-16-14-26(15-17-27)21-29(41(35(43)44)36(3,4)5)22-32(42)39-18-9-11-28(23-39)34-37-30-12-7-8-13-31(30)40(34)19-10-20-45-6/h7-8,12-17,28-29H,9-11,18-23H2,1-6H3,(H,43,44)/t28-,29-/m1/s1. The highest BCUT2D eigenvalue weighted by atomic mass is 16.5. The van der Waals surface area contributed by atoms with E-state index in [1.165, 1.54) is 4.90 Å². The smallest absolute Gasteiger partial charge is 0.408 e. The fraction of sp³-hybridized carbons (Fsp3) is 0.500. The van der Waals surface area contributed by atoms with Crippen molar-refractivity contribution < 1.29 is 24.0 Å². The van der Waals surface area contributed by atoms with Gasteiger partial charge in [0.2, 0.25) is 5.91 Å². The summed E-state index contributed by atoms with van der Waals surface area (Å²) in [6.07, 6.45) is 2.18. The number of likely N-dealkylation sites (tertiary alicyclic amines) is 1. The molecule has 4 aromatic rings. The van der Waals surface area contributed by atoms with Gasteiger partial charge in [0.15, 0.2) is 0 Å². The van der Waals surface area contributed by atoms with Crippen LogP contribution in [-0.2, 0) is 22.5 Å². The van der Waals surface area contributed by atoms with Gasteiger partial charge in [0, 0.05) is 62.8 Å². The van der Waals surface area contributed by atoms with Crippen molar-refractivity contribution in [1.82, 2.24) is 24.5 Å². The molecule has 246 valence electrons. The molecule has 2 aromatic heterocycles. The van der Waals surface area contributed by atoms with Crippen LogP contribution in [0.25, 0.3) is 22.2 Å². The van der Waals surface area contributed by atoms with Crippen LogP contribution in [0, 0.1) is 13.8 Å². The summed E-state index contributed by atoms with van der Waals surface area (Å²) in [6.45, 7) is 12.1. The van der Waals surface area contributed by atoms with Gasteiger partial charge in [-0.05, 0) is 83.6 Å². The number of piperidine rings is 1. The van der Waals surface area contributed by atoms with Crippen molar-refractivity contribution in [2.75, 3.05) is 26.8 Å².